The molecule has 0 saturated heterocycles. The number of aryl methyl sites for hydroxylation is 1. The number of halogens is 3. The first-order valence-corrected chi connectivity index (χ1v) is 9.08. The summed E-state index contributed by atoms with van der Waals surface area (Å²) < 4.78 is 37.7. The zero-order chi connectivity index (χ0) is 21.0. The summed E-state index contributed by atoms with van der Waals surface area (Å²) in [4.78, 5) is 27.6. The van der Waals surface area contributed by atoms with Gasteiger partial charge in [-0.15, -0.1) is 0 Å². The highest BCUT2D eigenvalue weighted by molar-refractivity contribution is 6.02. The van der Waals surface area contributed by atoms with Gasteiger partial charge in [-0.25, -0.2) is 0 Å². The Labute approximate surface area is 165 Å². The lowest BCUT2D eigenvalue weighted by Crippen LogP contribution is -2.10. The van der Waals surface area contributed by atoms with Crippen molar-refractivity contribution in [2.24, 2.45) is 0 Å². The summed E-state index contributed by atoms with van der Waals surface area (Å²) in [6, 6.07) is 11.0. The highest BCUT2D eigenvalue weighted by Gasteiger charge is 2.29. The second kappa shape index (κ2) is 8.34. The van der Waals surface area contributed by atoms with Crippen molar-refractivity contribution in [2.75, 3.05) is 5.32 Å². The average Bonchev–Trinajstić information content (AvgIpc) is 2.67. The first-order chi connectivity index (χ1) is 13.8. The number of aromatic nitrogens is 1. The molecule has 2 aromatic carbocycles. The molecule has 2 N–H and O–H groups in total. The molecule has 3 rings (SSSR count). The molecule has 7 heteroatoms. The van der Waals surface area contributed by atoms with E-state index in [2.05, 4.69) is 10.3 Å². The molecule has 1 amide bonds. The lowest BCUT2D eigenvalue weighted by Gasteiger charge is -2.07. The van der Waals surface area contributed by atoms with E-state index in [4.69, 9.17) is 0 Å². The molecular formula is C22H19F3N2O2. The number of alkyl halides is 3. The number of aromatic amines is 1. The van der Waals surface area contributed by atoms with Crippen LogP contribution < -0.4 is 10.7 Å². The van der Waals surface area contributed by atoms with Crippen LogP contribution in [-0.2, 0) is 17.4 Å². The van der Waals surface area contributed by atoms with Crippen LogP contribution in [-0.4, -0.2) is 10.9 Å². The number of carbonyl (C=O) groups is 1. The first kappa shape index (κ1) is 20.4. The first-order valence-electron chi connectivity index (χ1n) is 9.08. The van der Waals surface area contributed by atoms with Gasteiger partial charge in [-0.1, -0.05) is 25.5 Å². The fourth-order valence-electron chi connectivity index (χ4n) is 2.92. The van der Waals surface area contributed by atoms with E-state index in [1.807, 2.05) is 6.92 Å². The standard InChI is InChI=1S/C22H19F3N2O2/c1-2-3-16-13-20(28)18-12-17(9-10-19(18)26-16)27-21(29)11-6-14-4-7-15(8-5-14)22(23,24)25/h4-13H,2-3H2,1H3,(H,26,28)(H,27,29)/b11-6+. The van der Waals surface area contributed by atoms with Gasteiger partial charge in [0.05, 0.1) is 5.56 Å². The van der Waals surface area contributed by atoms with Gasteiger partial charge in [-0.2, -0.15) is 13.2 Å². The van der Waals surface area contributed by atoms with Crippen LogP contribution >= 0.6 is 0 Å². The molecule has 0 aliphatic rings. The summed E-state index contributed by atoms with van der Waals surface area (Å²) >= 11 is 0. The molecule has 0 aliphatic heterocycles. The Morgan fingerprint density at radius 2 is 1.83 bits per heavy atom. The molecule has 0 fully saturated rings. The van der Waals surface area contributed by atoms with E-state index in [9.17, 15) is 22.8 Å². The third-order valence-corrected chi connectivity index (χ3v) is 4.34. The number of anilines is 1. The Balaban J connectivity index is 1.72. The normalized spacial score (nSPS) is 11.9. The van der Waals surface area contributed by atoms with Crippen molar-refractivity contribution in [3.05, 3.63) is 81.7 Å². The number of H-pyrrole nitrogens is 1. The Morgan fingerprint density at radius 3 is 2.48 bits per heavy atom. The lowest BCUT2D eigenvalue weighted by atomic mass is 10.1. The highest BCUT2D eigenvalue weighted by atomic mass is 19.4. The minimum absolute atomic E-state index is 0.126. The lowest BCUT2D eigenvalue weighted by molar-refractivity contribution is -0.137. The molecule has 0 bridgehead atoms. The Bertz CT molecular complexity index is 1110. The van der Waals surface area contributed by atoms with Crippen LogP contribution in [0.4, 0.5) is 18.9 Å². The molecule has 29 heavy (non-hydrogen) atoms. The van der Waals surface area contributed by atoms with Crippen LogP contribution in [0.5, 0.6) is 0 Å². The molecule has 4 nitrogen and oxygen atoms in total. The molecule has 0 spiro atoms. The largest absolute Gasteiger partial charge is 0.416 e. The van der Waals surface area contributed by atoms with Crippen molar-refractivity contribution in [1.82, 2.24) is 4.98 Å². The van der Waals surface area contributed by atoms with E-state index in [1.54, 1.807) is 24.3 Å². The van der Waals surface area contributed by atoms with Crippen molar-refractivity contribution >= 4 is 28.6 Å². The topological polar surface area (TPSA) is 62.0 Å². The van der Waals surface area contributed by atoms with Crippen LogP contribution in [0, 0.1) is 0 Å². The molecule has 0 aliphatic carbocycles. The van der Waals surface area contributed by atoms with E-state index in [0.29, 0.717) is 22.2 Å². The fourth-order valence-corrected chi connectivity index (χ4v) is 2.92. The van der Waals surface area contributed by atoms with Crippen LogP contribution in [0.1, 0.15) is 30.2 Å². The quantitative estimate of drug-likeness (QED) is 0.582. The predicted octanol–water partition coefficient (Wildman–Crippen LogP) is 5.15. The van der Waals surface area contributed by atoms with Gasteiger partial charge in [0.15, 0.2) is 5.43 Å². The van der Waals surface area contributed by atoms with Gasteiger partial charge in [0.1, 0.15) is 0 Å². The number of hydrogen-bond donors (Lipinski definition) is 2. The SMILES string of the molecule is CCCc1cc(=O)c2cc(NC(=O)/C=C/c3ccc(C(F)(F)F)cc3)ccc2[nH]1. The summed E-state index contributed by atoms with van der Waals surface area (Å²) in [6.45, 7) is 2.03. The zero-order valence-electron chi connectivity index (χ0n) is 15.6. The number of amides is 1. The van der Waals surface area contributed by atoms with E-state index >= 15 is 0 Å². The molecule has 3 aromatic rings. The third-order valence-electron chi connectivity index (χ3n) is 4.34. The smallest absolute Gasteiger partial charge is 0.358 e. The van der Waals surface area contributed by atoms with Crippen LogP contribution in [0.3, 0.4) is 0 Å². The maximum absolute atomic E-state index is 12.6. The minimum atomic E-state index is -4.40. The minimum Gasteiger partial charge on any atom is -0.358 e. The van der Waals surface area contributed by atoms with Gasteiger partial charge < -0.3 is 10.3 Å². The van der Waals surface area contributed by atoms with Crippen LogP contribution in [0.2, 0.25) is 0 Å². The number of carbonyl (C=O) groups excluding carboxylic acids is 1. The van der Waals surface area contributed by atoms with Crippen molar-refractivity contribution < 1.29 is 18.0 Å². The second-order valence-corrected chi connectivity index (χ2v) is 6.61. The molecule has 1 aromatic heterocycles. The van der Waals surface area contributed by atoms with Crippen molar-refractivity contribution in [1.29, 1.82) is 0 Å². The van der Waals surface area contributed by atoms with Gasteiger partial charge in [0, 0.05) is 34.4 Å². The van der Waals surface area contributed by atoms with E-state index in [-0.39, 0.29) is 5.43 Å². The van der Waals surface area contributed by atoms with Gasteiger partial charge >= 0.3 is 6.18 Å². The zero-order valence-corrected chi connectivity index (χ0v) is 15.6. The predicted molar refractivity (Wildman–Crippen MR) is 108 cm³/mol. The monoisotopic (exact) mass is 400 g/mol. The summed E-state index contributed by atoms with van der Waals surface area (Å²) in [7, 11) is 0. The molecule has 0 saturated carbocycles. The van der Waals surface area contributed by atoms with Crippen LogP contribution in [0.25, 0.3) is 17.0 Å². The summed E-state index contributed by atoms with van der Waals surface area (Å²) in [5, 5.41) is 3.12. The number of fused-ring (bicyclic) bond motifs is 1. The van der Waals surface area contributed by atoms with Crippen molar-refractivity contribution in [2.45, 2.75) is 25.9 Å². The molecule has 150 valence electrons. The highest BCUT2D eigenvalue weighted by Crippen LogP contribution is 2.29. The van der Waals surface area contributed by atoms with E-state index < -0.39 is 17.6 Å². The number of pyridine rings is 1. The average molecular weight is 400 g/mol. The van der Waals surface area contributed by atoms with Gasteiger partial charge in [0.25, 0.3) is 0 Å². The molecule has 0 radical (unpaired) electrons. The molecule has 0 atom stereocenters. The summed E-state index contributed by atoms with van der Waals surface area (Å²) in [5.41, 5.74) is 1.60. The number of hydrogen-bond acceptors (Lipinski definition) is 2. The molecule has 0 unspecified atom stereocenters. The molecule has 1 heterocycles. The Hall–Kier alpha value is -3.35. The maximum atomic E-state index is 12.6. The van der Waals surface area contributed by atoms with E-state index in [0.717, 1.165) is 30.7 Å². The van der Waals surface area contributed by atoms with Gasteiger partial charge in [-0.3, -0.25) is 9.59 Å². The maximum Gasteiger partial charge on any atom is 0.416 e. The van der Waals surface area contributed by atoms with E-state index in [1.165, 1.54) is 24.3 Å². The number of rotatable bonds is 5. The summed E-state index contributed by atoms with van der Waals surface area (Å²) in [5.74, 6) is -0.455. The molecular weight excluding hydrogens is 381 g/mol. The Morgan fingerprint density at radius 1 is 1.10 bits per heavy atom. The summed E-state index contributed by atoms with van der Waals surface area (Å²) in [6.07, 6.45) is -0.0636. The number of nitrogens with one attached hydrogen (secondary N) is 2. The second-order valence-electron chi connectivity index (χ2n) is 6.61. The van der Waals surface area contributed by atoms with Gasteiger partial charge in [0.2, 0.25) is 5.91 Å². The van der Waals surface area contributed by atoms with Gasteiger partial charge in [-0.05, 0) is 48.4 Å². The number of benzene rings is 2. The van der Waals surface area contributed by atoms with Crippen molar-refractivity contribution in [3.63, 3.8) is 0 Å². The van der Waals surface area contributed by atoms with Crippen molar-refractivity contribution in [3.8, 4) is 0 Å². The fraction of sp³-hybridized carbons (Fsp3) is 0.182. The third kappa shape index (κ3) is 5.13. The Kier molecular flexibility index (Phi) is 5.87. The van der Waals surface area contributed by atoms with Crippen LogP contribution in [0.15, 0.2) is 59.4 Å².